The summed E-state index contributed by atoms with van der Waals surface area (Å²) in [7, 11) is 0. The van der Waals surface area contributed by atoms with Gasteiger partial charge < -0.3 is 15.3 Å². The first-order valence-corrected chi connectivity index (χ1v) is 6.97. The van der Waals surface area contributed by atoms with Gasteiger partial charge in [0.1, 0.15) is 0 Å². The molecule has 1 unspecified atom stereocenters. The fourth-order valence-corrected chi connectivity index (χ4v) is 2.57. The van der Waals surface area contributed by atoms with Crippen LogP contribution in [-0.4, -0.2) is 42.3 Å². The van der Waals surface area contributed by atoms with E-state index in [4.69, 9.17) is 11.6 Å². The molecule has 3 nitrogen and oxygen atoms in total. The molecule has 1 aromatic carbocycles. The van der Waals surface area contributed by atoms with E-state index >= 15 is 0 Å². The second-order valence-corrected chi connectivity index (χ2v) is 5.36. The SMILES string of the molecule is OC(CNCc1cccc(Cl)c1)CN1CCCC1. The third-order valence-corrected chi connectivity index (χ3v) is 3.50. The maximum absolute atomic E-state index is 9.91. The normalized spacial score (nSPS) is 18.1. The van der Waals surface area contributed by atoms with E-state index in [1.165, 1.54) is 12.8 Å². The average molecular weight is 269 g/mol. The van der Waals surface area contributed by atoms with E-state index in [1.54, 1.807) is 0 Å². The van der Waals surface area contributed by atoms with Gasteiger partial charge in [-0.1, -0.05) is 23.7 Å². The molecule has 0 spiro atoms. The Kier molecular flexibility index (Phi) is 5.45. The number of rotatable bonds is 6. The van der Waals surface area contributed by atoms with Crippen molar-refractivity contribution in [1.82, 2.24) is 10.2 Å². The van der Waals surface area contributed by atoms with Crippen LogP contribution in [0.5, 0.6) is 0 Å². The monoisotopic (exact) mass is 268 g/mol. The first-order valence-electron chi connectivity index (χ1n) is 6.59. The third kappa shape index (κ3) is 4.58. The Labute approximate surface area is 114 Å². The highest BCUT2D eigenvalue weighted by Crippen LogP contribution is 2.10. The fraction of sp³-hybridized carbons (Fsp3) is 0.571. The van der Waals surface area contributed by atoms with Crippen LogP contribution in [0.25, 0.3) is 0 Å². The van der Waals surface area contributed by atoms with Crippen LogP contribution in [0.1, 0.15) is 18.4 Å². The van der Waals surface area contributed by atoms with Crippen LogP contribution in [-0.2, 0) is 6.54 Å². The topological polar surface area (TPSA) is 35.5 Å². The molecule has 1 fully saturated rings. The van der Waals surface area contributed by atoms with Crippen molar-refractivity contribution >= 4 is 11.6 Å². The Bertz CT molecular complexity index is 367. The number of aliphatic hydroxyl groups is 1. The zero-order chi connectivity index (χ0) is 12.8. The summed E-state index contributed by atoms with van der Waals surface area (Å²) in [5.41, 5.74) is 1.15. The number of hydrogen-bond acceptors (Lipinski definition) is 3. The standard InChI is InChI=1S/C14H21ClN2O/c15-13-5-3-4-12(8-13)9-16-10-14(18)11-17-6-1-2-7-17/h3-5,8,14,16,18H,1-2,6-7,9-11H2. The van der Waals surface area contributed by atoms with Gasteiger partial charge in [0.25, 0.3) is 0 Å². The summed E-state index contributed by atoms with van der Waals surface area (Å²) in [6.45, 7) is 4.42. The number of aliphatic hydroxyl groups excluding tert-OH is 1. The van der Waals surface area contributed by atoms with Gasteiger partial charge in [-0.3, -0.25) is 0 Å². The first kappa shape index (κ1) is 13.8. The second-order valence-electron chi connectivity index (χ2n) is 4.92. The fourth-order valence-electron chi connectivity index (χ4n) is 2.36. The van der Waals surface area contributed by atoms with Crippen molar-refractivity contribution in [1.29, 1.82) is 0 Å². The third-order valence-electron chi connectivity index (χ3n) is 3.27. The van der Waals surface area contributed by atoms with Crippen LogP contribution < -0.4 is 5.32 Å². The second kappa shape index (κ2) is 7.10. The highest BCUT2D eigenvalue weighted by atomic mass is 35.5. The predicted molar refractivity (Wildman–Crippen MR) is 74.8 cm³/mol. The maximum Gasteiger partial charge on any atom is 0.0791 e. The Balaban J connectivity index is 1.65. The number of likely N-dealkylation sites (tertiary alicyclic amines) is 1. The largest absolute Gasteiger partial charge is 0.390 e. The number of benzene rings is 1. The zero-order valence-corrected chi connectivity index (χ0v) is 11.4. The molecule has 0 saturated carbocycles. The van der Waals surface area contributed by atoms with E-state index < -0.39 is 0 Å². The molecule has 0 aromatic heterocycles. The van der Waals surface area contributed by atoms with Crippen molar-refractivity contribution in [3.05, 3.63) is 34.9 Å². The van der Waals surface area contributed by atoms with Crippen molar-refractivity contribution < 1.29 is 5.11 Å². The molecular weight excluding hydrogens is 248 g/mol. The summed E-state index contributed by atoms with van der Waals surface area (Å²) in [6, 6.07) is 7.79. The number of hydrogen-bond donors (Lipinski definition) is 2. The van der Waals surface area contributed by atoms with Gasteiger partial charge in [-0.05, 0) is 43.6 Å². The lowest BCUT2D eigenvalue weighted by molar-refractivity contribution is 0.123. The van der Waals surface area contributed by atoms with Crippen LogP contribution >= 0.6 is 11.6 Å². The quantitative estimate of drug-likeness (QED) is 0.827. The minimum absolute atomic E-state index is 0.290. The summed E-state index contributed by atoms with van der Waals surface area (Å²) < 4.78 is 0. The Morgan fingerprint density at radius 1 is 1.33 bits per heavy atom. The van der Waals surface area contributed by atoms with Crippen LogP contribution in [0, 0.1) is 0 Å². The molecule has 4 heteroatoms. The summed E-state index contributed by atoms with van der Waals surface area (Å²) in [6.07, 6.45) is 2.24. The Morgan fingerprint density at radius 3 is 2.83 bits per heavy atom. The molecule has 1 aliphatic rings. The lowest BCUT2D eigenvalue weighted by Crippen LogP contribution is -2.36. The van der Waals surface area contributed by atoms with E-state index in [9.17, 15) is 5.11 Å². The summed E-state index contributed by atoms with van der Waals surface area (Å²) in [5.74, 6) is 0. The molecule has 0 amide bonds. The van der Waals surface area contributed by atoms with E-state index in [2.05, 4.69) is 10.2 Å². The minimum Gasteiger partial charge on any atom is -0.390 e. The van der Waals surface area contributed by atoms with Gasteiger partial charge in [-0.25, -0.2) is 0 Å². The van der Waals surface area contributed by atoms with Crippen molar-refractivity contribution in [2.24, 2.45) is 0 Å². The van der Waals surface area contributed by atoms with E-state index in [0.29, 0.717) is 6.54 Å². The van der Waals surface area contributed by atoms with Crippen LogP contribution in [0.15, 0.2) is 24.3 Å². The maximum atomic E-state index is 9.91. The molecule has 0 aliphatic carbocycles. The molecular formula is C14H21ClN2O. The highest BCUT2D eigenvalue weighted by Gasteiger charge is 2.15. The molecule has 1 heterocycles. The molecule has 1 atom stereocenters. The van der Waals surface area contributed by atoms with Crippen molar-refractivity contribution in [3.63, 3.8) is 0 Å². The molecule has 2 N–H and O–H groups in total. The lowest BCUT2D eigenvalue weighted by Gasteiger charge is -2.19. The minimum atomic E-state index is -0.290. The van der Waals surface area contributed by atoms with Crippen LogP contribution in [0.2, 0.25) is 5.02 Å². The molecule has 1 saturated heterocycles. The van der Waals surface area contributed by atoms with Crippen molar-refractivity contribution in [2.75, 3.05) is 26.2 Å². The van der Waals surface area contributed by atoms with Gasteiger partial charge in [0, 0.05) is 24.7 Å². The Hall–Kier alpha value is -0.610. The van der Waals surface area contributed by atoms with E-state index in [0.717, 1.165) is 36.8 Å². The van der Waals surface area contributed by atoms with Gasteiger partial charge in [0.15, 0.2) is 0 Å². The van der Waals surface area contributed by atoms with Gasteiger partial charge >= 0.3 is 0 Å². The van der Waals surface area contributed by atoms with Crippen molar-refractivity contribution in [2.45, 2.75) is 25.5 Å². The molecule has 18 heavy (non-hydrogen) atoms. The van der Waals surface area contributed by atoms with E-state index in [-0.39, 0.29) is 6.10 Å². The lowest BCUT2D eigenvalue weighted by atomic mass is 10.2. The summed E-state index contributed by atoms with van der Waals surface area (Å²) in [4.78, 5) is 2.33. The van der Waals surface area contributed by atoms with E-state index in [1.807, 2.05) is 24.3 Å². The molecule has 1 aliphatic heterocycles. The number of nitrogens with one attached hydrogen (secondary N) is 1. The molecule has 1 aromatic rings. The Morgan fingerprint density at radius 2 is 2.11 bits per heavy atom. The molecule has 100 valence electrons. The predicted octanol–water partition coefficient (Wildman–Crippen LogP) is 1.89. The van der Waals surface area contributed by atoms with Crippen molar-refractivity contribution in [3.8, 4) is 0 Å². The summed E-state index contributed by atoms with van der Waals surface area (Å²) >= 11 is 5.92. The van der Waals surface area contributed by atoms with Crippen LogP contribution in [0.4, 0.5) is 0 Å². The van der Waals surface area contributed by atoms with Crippen LogP contribution in [0.3, 0.4) is 0 Å². The average Bonchev–Trinajstić information content (AvgIpc) is 2.82. The number of β-amino-alcohol motifs (C(OH)–C–C–N with tert-alkyl or cyclic N) is 1. The number of nitrogens with zero attached hydrogens (tertiary/aromatic N) is 1. The first-order chi connectivity index (χ1) is 8.74. The van der Waals surface area contributed by atoms with Gasteiger partial charge in [0.05, 0.1) is 6.10 Å². The van der Waals surface area contributed by atoms with Gasteiger partial charge in [-0.2, -0.15) is 0 Å². The summed E-state index contributed by atoms with van der Waals surface area (Å²) in [5, 5.41) is 13.9. The molecule has 0 radical (unpaired) electrons. The zero-order valence-electron chi connectivity index (χ0n) is 10.6. The smallest absolute Gasteiger partial charge is 0.0791 e. The molecule has 2 rings (SSSR count). The number of halogens is 1. The highest BCUT2D eigenvalue weighted by molar-refractivity contribution is 6.30. The molecule has 0 bridgehead atoms. The van der Waals surface area contributed by atoms with Gasteiger partial charge in [-0.15, -0.1) is 0 Å². The van der Waals surface area contributed by atoms with Gasteiger partial charge in [0.2, 0.25) is 0 Å².